The van der Waals surface area contributed by atoms with Crippen LogP contribution in [0.3, 0.4) is 0 Å². The maximum Gasteiger partial charge on any atom is 2.00 e. The van der Waals surface area contributed by atoms with Crippen molar-refractivity contribution in [2.75, 3.05) is 35.5 Å². The second-order valence-electron chi connectivity index (χ2n) is 3.01. The van der Waals surface area contributed by atoms with Crippen LogP contribution in [0.4, 0.5) is 0 Å². The molecule has 0 radical (unpaired) electrons. The summed E-state index contributed by atoms with van der Waals surface area (Å²) in [6.07, 6.45) is 0. The first-order chi connectivity index (χ1) is 8.15. The molecular formula is C11H16O5SZn+2. The summed E-state index contributed by atoms with van der Waals surface area (Å²) in [4.78, 5) is 0.490. The Kier molecular flexibility index (Phi) is 7.25. The number of ether oxygens (including phenoxy) is 5. The first kappa shape index (κ1) is 17.2. The number of hydrogen-bond acceptors (Lipinski definition) is 6. The van der Waals surface area contributed by atoms with Crippen LogP contribution in [0.2, 0.25) is 0 Å². The van der Waals surface area contributed by atoms with E-state index in [2.05, 4.69) is 12.6 Å². The molecule has 5 nitrogen and oxygen atoms in total. The summed E-state index contributed by atoms with van der Waals surface area (Å²) in [6, 6.07) is 0. The average molecular weight is 326 g/mol. The van der Waals surface area contributed by atoms with Crippen LogP contribution >= 0.6 is 12.6 Å². The molecule has 0 saturated heterocycles. The number of rotatable bonds is 5. The predicted octanol–water partition coefficient (Wildman–Crippen LogP) is 2.02. The van der Waals surface area contributed by atoms with Gasteiger partial charge in [-0.2, -0.15) is 0 Å². The van der Waals surface area contributed by atoms with Gasteiger partial charge in [0.25, 0.3) is 0 Å². The summed E-state index contributed by atoms with van der Waals surface area (Å²) >= 11 is 4.34. The second kappa shape index (κ2) is 7.59. The number of methoxy groups -OCH3 is 5. The number of benzene rings is 1. The standard InChI is InChI=1S/C11H16O5S.Zn/c1-12-6-7(13-2)9(15-4)11(17)10(16-5)8(6)14-3;/h17H,1-5H3;/q;+2. The van der Waals surface area contributed by atoms with E-state index < -0.39 is 0 Å². The minimum Gasteiger partial charge on any atom is -0.492 e. The van der Waals surface area contributed by atoms with E-state index in [1.165, 1.54) is 35.5 Å². The molecule has 0 aliphatic heterocycles. The molecule has 1 aromatic carbocycles. The molecule has 0 atom stereocenters. The molecule has 18 heavy (non-hydrogen) atoms. The van der Waals surface area contributed by atoms with Crippen molar-refractivity contribution in [3.63, 3.8) is 0 Å². The van der Waals surface area contributed by atoms with Crippen molar-refractivity contribution in [1.82, 2.24) is 0 Å². The molecule has 7 heteroatoms. The fraction of sp³-hybridized carbons (Fsp3) is 0.455. The van der Waals surface area contributed by atoms with Gasteiger partial charge in [-0.1, -0.05) is 0 Å². The third kappa shape index (κ3) is 2.78. The van der Waals surface area contributed by atoms with Gasteiger partial charge in [-0.05, 0) is 0 Å². The average Bonchev–Trinajstić information content (AvgIpc) is 2.36. The van der Waals surface area contributed by atoms with Gasteiger partial charge >= 0.3 is 19.5 Å². The summed E-state index contributed by atoms with van der Waals surface area (Å²) in [5, 5.41) is 0. The monoisotopic (exact) mass is 324 g/mol. The summed E-state index contributed by atoms with van der Waals surface area (Å²) < 4.78 is 26.2. The number of thiol groups is 1. The van der Waals surface area contributed by atoms with Crippen molar-refractivity contribution in [2.24, 2.45) is 0 Å². The molecule has 0 fully saturated rings. The van der Waals surface area contributed by atoms with Crippen molar-refractivity contribution >= 4 is 12.6 Å². The predicted molar refractivity (Wildman–Crippen MR) is 66.5 cm³/mol. The maximum atomic E-state index is 5.25. The van der Waals surface area contributed by atoms with E-state index in [0.29, 0.717) is 33.6 Å². The Morgan fingerprint density at radius 1 is 0.556 bits per heavy atom. The molecule has 0 amide bonds. The van der Waals surface area contributed by atoms with E-state index in [9.17, 15) is 0 Å². The van der Waals surface area contributed by atoms with Crippen molar-refractivity contribution in [2.45, 2.75) is 4.90 Å². The first-order valence-corrected chi connectivity index (χ1v) is 5.23. The van der Waals surface area contributed by atoms with Gasteiger partial charge in [0.15, 0.2) is 11.5 Å². The molecule has 0 aromatic heterocycles. The fourth-order valence-electron chi connectivity index (χ4n) is 1.56. The van der Waals surface area contributed by atoms with Crippen molar-refractivity contribution < 1.29 is 43.2 Å². The molecule has 0 aliphatic rings. The second-order valence-corrected chi connectivity index (χ2v) is 3.46. The van der Waals surface area contributed by atoms with E-state index in [0.717, 1.165) is 0 Å². The number of hydrogen-bond donors (Lipinski definition) is 1. The minimum atomic E-state index is 0. The summed E-state index contributed by atoms with van der Waals surface area (Å²) in [5.74, 6) is 2.10. The molecule has 96 valence electrons. The SMILES string of the molecule is COc1c(S)c(OC)c(OC)c(OC)c1OC.[Zn+2]. The van der Waals surface area contributed by atoms with Crippen molar-refractivity contribution in [3.8, 4) is 28.7 Å². The third-order valence-electron chi connectivity index (χ3n) is 2.28. The maximum absolute atomic E-state index is 5.25. The van der Waals surface area contributed by atoms with Crippen LogP contribution in [0.25, 0.3) is 0 Å². The minimum absolute atomic E-state index is 0. The van der Waals surface area contributed by atoms with Gasteiger partial charge in [-0.25, -0.2) is 0 Å². The van der Waals surface area contributed by atoms with E-state index in [-0.39, 0.29) is 19.5 Å². The molecule has 0 spiro atoms. The van der Waals surface area contributed by atoms with Crippen LogP contribution in [0, 0.1) is 0 Å². The van der Waals surface area contributed by atoms with Gasteiger partial charge in [-0.15, -0.1) is 12.6 Å². The Labute approximate surface area is 125 Å². The van der Waals surface area contributed by atoms with Crippen molar-refractivity contribution in [3.05, 3.63) is 0 Å². The van der Waals surface area contributed by atoms with Gasteiger partial charge in [0.2, 0.25) is 17.2 Å². The summed E-state index contributed by atoms with van der Waals surface area (Å²) in [6.45, 7) is 0. The van der Waals surface area contributed by atoms with Crippen LogP contribution in [0.5, 0.6) is 28.7 Å². The smallest absolute Gasteiger partial charge is 0.492 e. The zero-order valence-corrected chi connectivity index (χ0v) is 15.1. The van der Waals surface area contributed by atoms with Gasteiger partial charge in [-0.3, -0.25) is 0 Å². The topological polar surface area (TPSA) is 46.2 Å². The molecule has 0 aliphatic carbocycles. The zero-order valence-electron chi connectivity index (χ0n) is 11.2. The Hall–Kier alpha value is -0.807. The fourth-order valence-corrected chi connectivity index (χ4v) is 1.95. The Morgan fingerprint density at radius 2 is 0.778 bits per heavy atom. The Balaban J connectivity index is 0.00000289. The molecule has 0 heterocycles. The normalized spacial score (nSPS) is 9.22. The Morgan fingerprint density at radius 3 is 1.00 bits per heavy atom. The molecule has 0 saturated carbocycles. The third-order valence-corrected chi connectivity index (χ3v) is 2.68. The molecule has 0 N–H and O–H groups in total. The van der Waals surface area contributed by atoms with Crippen LogP contribution in [0.15, 0.2) is 4.90 Å². The Bertz CT molecular complexity index is 378. The molecule has 0 unspecified atom stereocenters. The van der Waals surface area contributed by atoms with Gasteiger partial charge in [0, 0.05) is 0 Å². The van der Waals surface area contributed by atoms with Gasteiger partial charge in [0.1, 0.15) is 0 Å². The van der Waals surface area contributed by atoms with Gasteiger partial charge in [0.05, 0.1) is 40.4 Å². The van der Waals surface area contributed by atoms with Crippen LogP contribution in [0.1, 0.15) is 0 Å². The van der Waals surface area contributed by atoms with Gasteiger partial charge < -0.3 is 23.7 Å². The summed E-state index contributed by atoms with van der Waals surface area (Å²) in [5.41, 5.74) is 0. The van der Waals surface area contributed by atoms with E-state index in [1.807, 2.05) is 0 Å². The summed E-state index contributed by atoms with van der Waals surface area (Å²) in [7, 11) is 7.57. The van der Waals surface area contributed by atoms with Crippen LogP contribution in [-0.2, 0) is 19.5 Å². The van der Waals surface area contributed by atoms with Crippen molar-refractivity contribution in [1.29, 1.82) is 0 Å². The zero-order chi connectivity index (χ0) is 13.0. The van der Waals surface area contributed by atoms with E-state index in [1.54, 1.807) is 0 Å². The van der Waals surface area contributed by atoms with E-state index in [4.69, 9.17) is 23.7 Å². The largest absolute Gasteiger partial charge is 2.00 e. The molecular weight excluding hydrogens is 310 g/mol. The first-order valence-electron chi connectivity index (χ1n) is 4.79. The molecule has 0 bridgehead atoms. The molecule has 1 rings (SSSR count). The van der Waals surface area contributed by atoms with Crippen LogP contribution in [-0.4, -0.2) is 35.5 Å². The quantitative estimate of drug-likeness (QED) is 0.663. The van der Waals surface area contributed by atoms with Crippen LogP contribution < -0.4 is 23.7 Å². The molecule has 1 aromatic rings. The van der Waals surface area contributed by atoms with E-state index >= 15 is 0 Å².